The first-order valence-corrected chi connectivity index (χ1v) is 6.71. The Morgan fingerprint density at radius 3 is 2.95 bits per heavy atom. The summed E-state index contributed by atoms with van der Waals surface area (Å²) in [4.78, 5) is 11.0. The Hall–Kier alpha value is -2.21. The molecule has 0 aliphatic heterocycles. The number of hydrogen-bond acceptors (Lipinski definition) is 4. The zero-order valence-corrected chi connectivity index (χ0v) is 11.0. The Balaban J connectivity index is 2.13. The summed E-state index contributed by atoms with van der Waals surface area (Å²) in [6.07, 6.45) is 0. The predicted molar refractivity (Wildman–Crippen MR) is 72.6 cm³/mol. The molecule has 0 aliphatic carbocycles. The molecule has 0 saturated heterocycles. The van der Waals surface area contributed by atoms with Gasteiger partial charge in [0.2, 0.25) is 0 Å². The average Bonchev–Trinajstić information content (AvgIpc) is 3.06. The summed E-state index contributed by atoms with van der Waals surface area (Å²) in [5.41, 5.74) is 2.82. The molecular formula is C13H11N3O2S. The lowest BCUT2D eigenvalue weighted by Gasteiger charge is -2.10. The van der Waals surface area contributed by atoms with Crippen LogP contribution < -0.4 is 0 Å². The highest BCUT2D eigenvalue weighted by atomic mass is 32.1. The highest BCUT2D eigenvalue weighted by Crippen LogP contribution is 2.24. The molecular weight excluding hydrogens is 262 g/mol. The normalized spacial score (nSPS) is 12.7. The molecule has 3 aromatic rings. The van der Waals surface area contributed by atoms with Gasteiger partial charge in [0.1, 0.15) is 5.52 Å². The van der Waals surface area contributed by atoms with Crippen LogP contribution in [-0.2, 0) is 0 Å². The number of thiophene rings is 1. The minimum absolute atomic E-state index is 0.0281. The van der Waals surface area contributed by atoms with Crippen molar-refractivity contribution in [3.63, 3.8) is 0 Å². The van der Waals surface area contributed by atoms with Crippen LogP contribution in [0, 0.1) is 0 Å². The lowest BCUT2D eigenvalue weighted by Crippen LogP contribution is -2.08. The number of carboxylic acid groups (broad SMARTS) is 1. The van der Waals surface area contributed by atoms with Crippen molar-refractivity contribution in [2.24, 2.45) is 0 Å². The van der Waals surface area contributed by atoms with Crippen LogP contribution in [0.3, 0.4) is 0 Å². The van der Waals surface area contributed by atoms with E-state index in [0.29, 0.717) is 5.52 Å². The van der Waals surface area contributed by atoms with Gasteiger partial charge in [0.05, 0.1) is 17.1 Å². The van der Waals surface area contributed by atoms with Crippen molar-refractivity contribution < 1.29 is 9.90 Å². The monoisotopic (exact) mass is 273 g/mol. The zero-order chi connectivity index (χ0) is 13.4. The van der Waals surface area contributed by atoms with Gasteiger partial charge in [-0.15, -0.1) is 5.10 Å². The van der Waals surface area contributed by atoms with Gasteiger partial charge in [-0.1, -0.05) is 5.21 Å². The summed E-state index contributed by atoms with van der Waals surface area (Å²) in [6, 6.07) is 6.90. The average molecular weight is 273 g/mol. The third kappa shape index (κ3) is 2.00. The SMILES string of the molecule is CC(c1ccsc1)n1nnc2ccc(C(=O)O)cc21. The smallest absolute Gasteiger partial charge is 0.335 e. The first kappa shape index (κ1) is 11.9. The van der Waals surface area contributed by atoms with Crippen LogP contribution in [0.4, 0.5) is 0 Å². The molecule has 1 N–H and O–H groups in total. The van der Waals surface area contributed by atoms with Crippen LogP contribution in [0.5, 0.6) is 0 Å². The maximum absolute atomic E-state index is 11.0. The number of hydrogen-bond donors (Lipinski definition) is 1. The lowest BCUT2D eigenvalue weighted by molar-refractivity contribution is 0.0697. The number of aromatic nitrogens is 3. The first-order chi connectivity index (χ1) is 9.16. The van der Waals surface area contributed by atoms with E-state index >= 15 is 0 Å². The molecule has 0 amide bonds. The molecule has 0 fully saturated rings. The second-order valence-corrected chi connectivity index (χ2v) is 5.06. The number of rotatable bonds is 3. The molecule has 0 spiro atoms. The lowest BCUT2D eigenvalue weighted by atomic mass is 10.1. The Labute approximate surface area is 113 Å². The molecule has 0 aliphatic rings. The van der Waals surface area contributed by atoms with E-state index in [4.69, 9.17) is 5.11 Å². The maximum Gasteiger partial charge on any atom is 0.335 e. The second-order valence-electron chi connectivity index (χ2n) is 4.28. The van der Waals surface area contributed by atoms with Gasteiger partial charge in [0.15, 0.2) is 0 Å². The molecule has 19 heavy (non-hydrogen) atoms. The standard InChI is InChI=1S/C13H11N3O2S/c1-8(10-4-5-19-7-10)16-12-6-9(13(17)18)2-3-11(12)14-15-16/h2-8H,1H3,(H,17,18). The Morgan fingerprint density at radius 1 is 1.42 bits per heavy atom. The van der Waals surface area contributed by atoms with Crippen molar-refractivity contribution in [3.8, 4) is 0 Å². The highest BCUT2D eigenvalue weighted by molar-refractivity contribution is 7.07. The van der Waals surface area contributed by atoms with Crippen LogP contribution in [0.15, 0.2) is 35.0 Å². The van der Waals surface area contributed by atoms with Gasteiger partial charge in [-0.3, -0.25) is 0 Å². The molecule has 1 unspecified atom stereocenters. The summed E-state index contributed by atoms with van der Waals surface area (Å²) >= 11 is 1.62. The summed E-state index contributed by atoms with van der Waals surface area (Å²) < 4.78 is 1.75. The van der Waals surface area contributed by atoms with E-state index in [1.165, 1.54) is 0 Å². The first-order valence-electron chi connectivity index (χ1n) is 5.77. The largest absolute Gasteiger partial charge is 0.478 e. The predicted octanol–water partition coefficient (Wildman–Crippen LogP) is 2.80. The third-order valence-electron chi connectivity index (χ3n) is 3.11. The number of fused-ring (bicyclic) bond motifs is 1. The quantitative estimate of drug-likeness (QED) is 0.796. The van der Waals surface area contributed by atoms with Crippen LogP contribution in [0.25, 0.3) is 11.0 Å². The molecule has 5 nitrogen and oxygen atoms in total. The van der Waals surface area contributed by atoms with Gasteiger partial charge >= 0.3 is 5.97 Å². The van der Waals surface area contributed by atoms with E-state index in [1.54, 1.807) is 34.2 Å². The molecule has 2 heterocycles. The van der Waals surface area contributed by atoms with Crippen molar-refractivity contribution in [2.75, 3.05) is 0 Å². The van der Waals surface area contributed by atoms with E-state index in [9.17, 15) is 4.79 Å². The second kappa shape index (κ2) is 4.47. The van der Waals surface area contributed by atoms with Gasteiger partial charge in [-0.25, -0.2) is 9.48 Å². The van der Waals surface area contributed by atoms with E-state index in [1.807, 2.05) is 18.4 Å². The summed E-state index contributed by atoms with van der Waals surface area (Å²) in [5.74, 6) is -0.946. The van der Waals surface area contributed by atoms with Crippen molar-refractivity contribution in [1.82, 2.24) is 15.0 Å². The van der Waals surface area contributed by atoms with Gasteiger partial charge in [0, 0.05) is 0 Å². The fraction of sp³-hybridized carbons (Fsp3) is 0.154. The molecule has 0 saturated carbocycles. The van der Waals surface area contributed by atoms with E-state index in [-0.39, 0.29) is 11.6 Å². The minimum Gasteiger partial charge on any atom is -0.478 e. The molecule has 6 heteroatoms. The number of aromatic carboxylic acids is 1. The maximum atomic E-state index is 11.0. The molecule has 1 aromatic carbocycles. The molecule has 0 radical (unpaired) electrons. The number of carboxylic acids is 1. The molecule has 0 bridgehead atoms. The fourth-order valence-corrected chi connectivity index (χ4v) is 2.76. The van der Waals surface area contributed by atoms with Crippen molar-refractivity contribution >= 4 is 28.3 Å². The van der Waals surface area contributed by atoms with Gasteiger partial charge < -0.3 is 5.11 Å². The molecule has 3 rings (SSSR count). The van der Waals surface area contributed by atoms with Crippen LogP contribution in [-0.4, -0.2) is 26.1 Å². The third-order valence-corrected chi connectivity index (χ3v) is 3.81. The van der Waals surface area contributed by atoms with Gasteiger partial charge in [-0.2, -0.15) is 11.3 Å². The summed E-state index contributed by atoms with van der Waals surface area (Å²) in [6.45, 7) is 2.02. The van der Waals surface area contributed by atoms with Crippen LogP contribution in [0.2, 0.25) is 0 Å². The Morgan fingerprint density at radius 2 is 2.26 bits per heavy atom. The van der Waals surface area contributed by atoms with Crippen molar-refractivity contribution in [1.29, 1.82) is 0 Å². The Kier molecular flexibility index (Phi) is 2.79. The van der Waals surface area contributed by atoms with Gasteiger partial charge in [0.25, 0.3) is 0 Å². The highest BCUT2D eigenvalue weighted by Gasteiger charge is 2.15. The Bertz CT molecular complexity index is 734. The fourth-order valence-electron chi connectivity index (χ4n) is 2.01. The topological polar surface area (TPSA) is 68.0 Å². The zero-order valence-electron chi connectivity index (χ0n) is 10.1. The number of nitrogens with zero attached hydrogens (tertiary/aromatic N) is 3. The van der Waals surface area contributed by atoms with E-state index in [0.717, 1.165) is 11.1 Å². The number of benzene rings is 1. The minimum atomic E-state index is -0.946. The summed E-state index contributed by atoms with van der Waals surface area (Å²) in [7, 11) is 0. The van der Waals surface area contributed by atoms with Crippen LogP contribution >= 0.6 is 11.3 Å². The van der Waals surface area contributed by atoms with E-state index < -0.39 is 5.97 Å². The van der Waals surface area contributed by atoms with E-state index in [2.05, 4.69) is 15.7 Å². The molecule has 2 aromatic heterocycles. The summed E-state index contributed by atoms with van der Waals surface area (Å²) in [5, 5.41) is 21.3. The molecule has 1 atom stereocenters. The molecule has 96 valence electrons. The van der Waals surface area contributed by atoms with Crippen molar-refractivity contribution in [3.05, 3.63) is 46.2 Å². The van der Waals surface area contributed by atoms with Gasteiger partial charge in [-0.05, 0) is 47.5 Å². The van der Waals surface area contributed by atoms with Crippen molar-refractivity contribution in [2.45, 2.75) is 13.0 Å². The number of carbonyl (C=O) groups is 1. The van der Waals surface area contributed by atoms with Crippen LogP contribution in [0.1, 0.15) is 28.9 Å².